The standard InChI is InChI=1S/C12H15N3O2S2/c1-7-9-10(15-12(18-2)19-9)14-11(13-7)17-8-3-5-16-6-4-8/h8H,3-6H2,1-2H3. The smallest absolute Gasteiger partial charge is 0.319 e. The van der Waals surface area contributed by atoms with E-state index in [2.05, 4.69) is 15.0 Å². The molecule has 0 aromatic carbocycles. The van der Waals surface area contributed by atoms with Crippen LogP contribution in [0.2, 0.25) is 0 Å². The Bertz CT molecular complexity index is 582. The van der Waals surface area contributed by atoms with Crippen molar-refractivity contribution in [3.63, 3.8) is 0 Å². The lowest BCUT2D eigenvalue weighted by Crippen LogP contribution is -2.26. The molecule has 1 aliphatic rings. The predicted octanol–water partition coefficient (Wildman–Crippen LogP) is 2.67. The molecule has 0 aliphatic carbocycles. The Hall–Kier alpha value is -0.920. The fourth-order valence-electron chi connectivity index (χ4n) is 2.00. The van der Waals surface area contributed by atoms with E-state index >= 15 is 0 Å². The molecule has 0 unspecified atom stereocenters. The van der Waals surface area contributed by atoms with Gasteiger partial charge in [-0.3, -0.25) is 0 Å². The third-order valence-corrected chi connectivity index (χ3v) is 5.14. The minimum absolute atomic E-state index is 0.157. The van der Waals surface area contributed by atoms with E-state index in [0.29, 0.717) is 6.01 Å². The van der Waals surface area contributed by atoms with E-state index < -0.39 is 0 Å². The summed E-state index contributed by atoms with van der Waals surface area (Å²) in [4.78, 5) is 13.3. The van der Waals surface area contributed by atoms with Crippen molar-refractivity contribution in [3.8, 4) is 6.01 Å². The Labute approximate surface area is 119 Å². The quantitative estimate of drug-likeness (QED) is 0.812. The summed E-state index contributed by atoms with van der Waals surface area (Å²) in [5, 5.41) is 0. The van der Waals surface area contributed by atoms with Gasteiger partial charge in [0.25, 0.3) is 0 Å². The normalized spacial score (nSPS) is 16.9. The molecule has 5 nitrogen and oxygen atoms in total. The molecule has 102 valence electrons. The second-order valence-corrected chi connectivity index (χ2v) is 6.41. The van der Waals surface area contributed by atoms with Crippen molar-refractivity contribution >= 4 is 33.4 Å². The highest BCUT2D eigenvalue weighted by molar-refractivity contribution is 8.00. The van der Waals surface area contributed by atoms with E-state index in [0.717, 1.165) is 46.4 Å². The van der Waals surface area contributed by atoms with Crippen molar-refractivity contribution in [2.75, 3.05) is 19.5 Å². The van der Waals surface area contributed by atoms with Crippen LogP contribution in [0.25, 0.3) is 10.3 Å². The van der Waals surface area contributed by atoms with Crippen LogP contribution >= 0.6 is 23.1 Å². The van der Waals surface area contributed by atoms with Crippen LogP contribution in [-0.2, 0) is 4.74 Å². The average Bonchev–Trinajstić information content (AvgIpc) is 2.83. The number of thiazole rings is 1. The number of hydrogen-bond acceptors (Lipinski definition) is 7. The summed E-state index contributed by atoms with van der Waals surface area (Å²) in [5.41, 5.74) is 1.67. The number of rotatable bonds is 3. The van der Waals surface area contributed by atoms with Crippen LogP contribution in [0.3, 0.4) is 0 Å². The fourth-order valence-corrected chi connectivity index (χ4v) is 3.44. The molecule has 1 fully saturated rings. The molecular formula is C12H15N3O2S2. The first-order chi connectivity index (χ1) is 9.26. The second kappa shape index (κ2) is 5.60. The molecule has 0 bridgehead atoms. The molecule has 3 heterocycles. The van der Waals surface area contributed by atoms with Gasteiger partial charge in [0, 0.05) is 12.8 Å². The number of ether oxygens (including phenoxy) is 2. The van der Waals surface area contributed by atoms with Crippen LogP contribution in [0.15, 0.2) is 4.34 Å². The maximum absolute atomic E-state index is 5.84. The van der Waals surface area contributed by atoms with Crippen LogP contribution in [0, 0.1) is 6.92 Å². The van der Waals surface area contributed by atoms with Crippen molar-refractivity contribution in [1.82, 2.24) is 15.0 Å². The van der Waals surface area contributed by atoms with Gasteiger partial charge in [-0.25, -0.2) is 4.98 Å². The summed E-state index contributed by atoms with van der Waals surface area (Å²) in [6.45, 7) is 3.47. The van der Waals surface area contributed by atoms with E-state index in [4.69, 9.17) is 9.47 Å². The minimum Gasteiger partial charge on any atom is -0.460 e. The van der Waals surface area contributed by atoms with Crippen molar-refractivity contribution in [2.24, 2.45) is 0 Å². The molecular weight excluding hydrogens is 282 g/mol. The Balaban J connectivity index is 1.87. The van der Waals surface area contributed by atoms with E-state index in [-0.39, 0.29) is 6.10 Å². The minimum atomic E-state index is 0.157. The van der Waals surface area contributed by atoms with Gasteiger partial charge in [0.2, 0.25) is 0 Å². The van der Waals surface area contributed by atoms with E-state index in [1.165, 1.54) is 0 Å². The molecule has 0 radical (unpaired) electrons. The number of aryl methyl sites for hydroxylation is 1. The summed E-state index contributed by atoms with van der Waals surface area (Å²) in [6.07, 6.45) is 3.96. The topological polar surface area (TPSA) is 57.1 Å². The molecule has 2 aromatic heterocycles. The summed E-state index contributed by atoms with van der Waals surface area (Å²) in [6, 6.07) is 0.440. The zero-order valence-corrected chi connectivity index (χ0v) is 12.5. The highest BCUT2D eigenvalue weighted by Gasteiger charge is 2.18. The molecule has 2 aromatic rings. The highest BCUT2D eigenvalue weighted by atomic mass is 32.2. The third kappa shape index (κ3) is 2.82. The van der Waals surface area contributed by atoms with Gasteiger partial charge in [0.05, 0.1) is 23.6 Å². The average molecular weight is 297 g/mol. The summed E-state index contributed by atoms with van der Waals surface area (Å²) < 4.78 is 13.2. The van der Waals surface area contributed by atoms with Crippen LogP contribution < -0.4 is 4.74 Å². The van der Waals surface area contributed by atoms with Crippen LogP contribution in [0.4, 0.5) is 0 Å². The number of thioether (sulfide) groups is 1. The van der Waals surface area contributed by atoms with Crippen molar-refractivity contribution in [2.45, 2.75) is 30.2 Å². The van der Waals surface area contributed by atoms with E-state index in [1.54, 1.807) is 23.1 Å². The molecule has 0 N–H and O–H groups in total. The molecule has 1 saturated heterocycles. The zero-order chi connectivity index (χ0) is 13.2. The van der Waals surface area contributed by atoms with Gasteiger partial charge in [-0.15, -0.1) is 11.3 Å². The van der Waals surface area contributed by atoms with Gasteiger partial charge in [-0.1, -0.05) is 11.8 Å². The lowest BCUT2D eigenvalue weighted by Gasteiger charge is -2.22. The fraction of sp³-hybridized carbons (Fsp3) is 0.583. The Morgan fingerprint density at radius 1 is 1.26 bits per heavy atom. The van der Waals surface area contributed by atoms with Crippen LogP contribution in [-0.4, -0.2) is 40.5 Å². The first-order valence-corrected chi connectivity index (χ1v) is 8.24. The van der Waals surface area contributed by atoms with Gasteiger partial charge in [-0.05, 0) is 13.2 Å². The number of nitrogens with zero attached hydrogens (tertiary/aromatic N) is 3. The number of hydrogen-bond donors (Lipinski definition) is 0. The molecule has 19 heavy (non-hydrogen) atoms. The van der Waals surface area contributed by atoms with E-state index in [1.807, 2.05) is 13.2 Å². The first kappa shape index (κ1) is 13.1. The van der Waals surface area contributed by atoms with Gasteiger partial charge in [0.1, 0.15) is 6.10 Å². The number of aromatic nitrogens is 3. The molecule has 0 amide bonds. The van der Waals surface area contributed by atoms with E-state index in [9.17, 15) is 0 Å². The maximum Gasteiger partial charge on any atom is 0.319 e. The molecule has 1 aliphatic heterocycles. The predicted molar refractivity (Wildman–Crippen MR) is 76.2 cm³/mol. The molecule has 3 rings (SSSR count). The number of fused-ring (bicyclic) bond motifs is 1. The van der Waals surface area contributed by atoms with Crippen molar-refractivity contribution in [1.29, 1.82) is 0 Å². The molecule has 0 atom stereocenters. The van der Waals surface area contributed by atoms with Crippen LogP contribution in [0.1, 0.15) is 18.5 Å². The third-order valence-electron chi connectivity index (χ3n) is 3.00. The Morgan fingerprint density at radius 3 is 2.79 bits per heavy atom. The SMILES string of the molecule is CSc1nc2nc(OC3CCOCC3)nc(C)c2s1. The van der Waals surface area contributed by atoms with Gasteiger partial charge in [-0.2, -0.15) is 9.97 Å². The van der Waals surface area contributed by atoms with Gasteiger partial charge >= 0.3 is 6.01 Å². The summed E-state index contributed by atoms with van der Waals surface area (Å²) >= 11 is 3.26. The van der Waals surface area contributed by atoms with Crippen LogP contribution in [0.5, 0.6) is 6.01 Å². The lowest BCUT2D eigenvalue weighted by molar-refractivity contribution is 0.0218. The Morgan fingerprint density at radius 2 is 2.05 bits per heavy atom. The molecule has 0 spiro atoms. The van der Waals surface area contributed by atoms with Crippen molar-refractivity contribution < 1.29 is 9.47 Å². The lowest BCUT2D eigenvalue weighted by atomic mass is 10.2. The summed E-state index contributed by atoms with van der Waals surface area (Å²) in [5.74, 6) is 0. The zero-order valence-electron chi connectivity index (χ0n) is 10.9. The molecule has 0 saturated carbocycles. The maximum atomic E-state index is 5.84. The van der Waals surface area contributed by atoms with Crippen molar-refractivity contribution in [3.05, 3.63) is 5.69 Å². The largest absolute Gasteiger partial charge is 0.460 e. The molecule has 7 heteroatoms. The second-order valence-electron chi connectivity index (χ2n) is 4.36. The Kier molecular flexibility index (Phi) is 3.86. The monoisotopic (exact) mass is 297 g/mol. The summed E-state index contributed by atoms with van der Waals surface area (Å²) in [7, 11) is 0. The van der Waals surface area contributed by atoms with Gasteiger partial charge in [0.15, 0.2) is 9.99 Å². The first-order valence-electron chi connectivity index (χ1n) is 6.20. The highest BCUT2D eigenvalue weighted by Crippen LogP contribution is 2.30. The van der Waals surface area contributed by atoms with Gasteiger partial charge < -0.3 is 9.47 Å².